The van der Waals surface area contributed by atoms with Gasteiger partial charge >= 0.3 is 11.7 Å². The summed E-state index contributed by atoms with van der Waals surface area (Å²) >= 11 is 0. The molecule has 1 aliphatic rings. The highest BCUT2D eigenvalue weighted by Gasteiger charge is 2.38. The first kappa shape index (κ1) is 22.8. The highest BCUT2D eigenvalue weighted by atomic mass is 16.5. The van der Waals surface area contributed by atoms with Crippen LogP contribution in [0.15, 0.2) is 57.4 Å². The average molecular weight is 460 g/mol. The number of benzene rings is 1. The van der Waals surface area contributed by atoms with E-state index in [1.165, 1.54) is 0 Å². The lowest BCUT2D eigenvalue weighted by atomic mass is 9.81. The molecule has 1 unspecified atom stereocenters. The summed E-state index contributed by atoms with van der Waals surface area (Å²) in [5.74, 6) is -1.24. The third kappa shape index (κ3) is 4.28. The third-order valence-electron chi connectivity index (χ3n) is 5.44. The molecule has 0 aliphatic carbocycles. The maximum absolute atomic E-state index is 13.2. The smallest absolute Gasteiger partial charge is 0.337 e. The Labute approximate surface area is 194 Å². The first-order chi connectivity index (χ1) is 16.3. The second-order valence-electron chi connectivity index (χ2n) is 8.22. The molecule has 1 atom stereocenters. The average Bonchev–Trinajstić information content (AvgIpc) is 3.20. The van der Waals surface area contributed by atoms with E-state index in [0.717, 1.165) is 5.56 Å². The fourth-order valence-electron chi connectivity index (χ4n) is 4.09. The molecule has 3 heterocycles. The Morgan fingerprint density at radius 3 is 2.65 bits per heavy atom. The van der Waals surface area contributed by atoms with Crippen LogP contribution in [-0.2, 0) is 16.1 Å². The van der Waals surface area contributed by atoms with Crippen molar-refractivity contribution in [3.8, 4) is 17.3 Å². The van der Waals surface area contributed by atoms with Gasteiger partial charge in [-0.15, -0.1) is 0 Å². The number of hydrogen-bond donors (Lipinski definition) is 3. The Kier molecular flexibility index (Phi) is 6.19. The van der Waals surface area contributed by atoms with Gasteiger partial charge in [-0.05, 0) is 20.8 Å². The number of aryl methyl sites for hydroxylation is 1. The quantitative estimate of drug-likeness (QED) is 0.479. The first-order valence-electron chi connectivity index (χ1n) is 10.8. The third-order valence-corrected chi connectivity index (χ3v) is 5.44. The Bertz CT molecular complexity index is 1420. The molecule has 10 nitrogen and oxygen atoms in total. The molecule has 0 saturated heterocycles. The second kappa shape index (κ2) is 9.23. The summed E-state index contributed by atoms with van der Waals surface area (Å²) in [6, 6.07) is 11.5. The largest absolute Gasteiger partial charge is 0.460 e. The molecule has 0 bridgehead atoms. The molecule has 3 aromatic rings. The van der Waals surface area contributed by atoms with Crippen LogP contribution in [0, 0.1) is 11.3 Å². The van der Waals surface area contributed by atoms with E-state index in [9.17, 15) is 14.4 Å². The Balaban J connectivity index is 2.01. The number of aromatic nitrogens is 4. The van der Waals surface area contributed by atoms with Gasteiger partial charge in [0.05, 0.1) is 47.9 Å². The van der Waals surface area contributed by atoms with Crippen LogP contribution in [0.4, 0.5) is 5.82 Å². The number of rotatable bonds is 6. The zero-order valence-corrected chi connectivity index (χ0v) is 19.0. The number of nitrogens with zero attached hydrogens (tertiary/aromatic N) is 3. The first-order valence-corrected chi connectivity index (χ1v) is 10.8. The predicted octanol–water partition coefficient (Wildman–Crippen LogP) is 2.62. The molecular weight excluding hydrogens is 436 g/mol. The van der Waals surface area contributed by atoms with Crippen LogP contribution >= 0.6 is 0 Å². The number of nitriles is 1. The van der Waals surface area contributed by atoms with Gasteiger partial charge in [-0.25, -0.2) is 9.59 Å². The topological polar surface area (TPSA) is 146 Å². The van der Waals surface area contributed by atoms with E-state index >= 15 is 0 Å². The SMILES string of the molecule is CC1=C(C(=O)OC(C)C)C(c2cn(CCC#N)nc2-c2ccccc2)c2c([nH]c(=O)[nH]c2=O)N1. The summed E-state index contributed by atoms with van der Waals surface area (Å²) < 4.78 is 7.14. The molecule has 0 spiro atoms. The Hall–Kier alpha value is -4.39. The fourth-order valence-corrected chi connectivity index (χ4v) is 4.09. The minimum absolute atomic E-state index is 0.179. The minimum atomic E-state index is -0.867. The van der Waals surface area contributed by atoms with E-state index in [2.05, 4.69) is 26.5 Å². The van der Waals surface area contributed by atoms with Crippen LogP contribution in [0.3, 0.4) is 0 Å². The van der Waals surface area contributed by atoms with E-state index in [0.29, 0.717) is 23.5 Å². The van der Waals surface area contributed by atoms with Crippen molar-refractivity contribution in [2.75, 3.05) is 5.32 Å². The van der Waals surface area contributed by atoms with Gasteiger partial charge in [0, 0.05) is 23.0 Å². The number of esters is 1. The zero-order valence-electron chi connectivity index (χ0n) is 19.0. The van der Waals surface area contributed by atoms with Crippen LogP contribution in [0.2, 0.25) is 0 Å². The molecule has 3 N–H and O–H groups in total. The molecule has 34 heavy (non-hydrogen) atoms. The van der Waals surface area contributed by atoms with E-state index in [4.69, 9.17) is 10.00 Å². The molecule has 1 aromatic carbocycles. The lowest BCUT2D eigenvalue weighted by Crippen LogP contribution is -2.35. The minimum Gasteiger partial charge on any atom is -0.460 e. The van der Waals surface area contributed by atoms with E-state index in [1.54, 1.807) is 31.6 Å². The highest BCUT2D eigenvalue weighted by molar-refractivity contribution is 5.95. The van der Waals surface area contributed by atoms with Gasteiger partial charge in [0.15, 0.2) is 0 Å². The van der Waals surface area contributed by atoms with Gasteiger partial charge in [0.1, 0.15) is 5.82 Å². The number of aromatic amines is 2. The molecule has 0 saturated carbocycles. The van der Waals surface area contributed by atoms with Crippen LogP contribution in [0.1, 0.15) is 44.2 Å². The summed E-state index contributed by atoms with van der Waals surface area (Å²) in [6.07, 6.45) is 1.60. The van der Waals surface area contributed by atoms with Crippen molar-refractivity contribution in [1.82, 2.24) is 19.7 Å². The van der Waals surface area contributed by atoms with Crippen LogP contribution in [0.5, 0.6) is 0 Å². The fraction of sp³-hybridized carbons (Fsp3) is 0.292. The molecule has 0 amide bonds. The van der Waals surface area contributed by atoms with Gasteiger partial charge in [-0.1, -0.05) is 30.3 Å². The van der Waals surface area contributed by atoms with E-state index in [-0.39, 0.29) is 29.5 Å². The van der Waals surface area contributed by atoms with Gasteiger partial charge in [-0.3, -0.25) is 19.4 Å². The summed E-state index contributed by atoms with van der Waals surface area (Å²) in [4.78, 5) is 43.1. The Morgan fingerprint density at radius 1 is 1.24 bits per heavy atom. The van der Waals surface area contributed by atoms with Crippen molar-refractivity contribution < 1.29 is 9.53 Å². The van der Waals surface area contributed by atoms with E-state index in [1.807, 2.05) is 30.3 Å². The van der Waals surface area contributed by atoms with Crippen molar-refractivity contribution >= 4 is 11.8 Å². The standard InChI is InChI=1S/C24H24N6O4/c1-13(2)34-23(32)17-14(3)26-21-19(22(31)28-24(33)27-21)18(17)16-12-30(11-7-10-25)29-20(16)15-8-5-4-6-9-15/h4-6,8-9,12-13,18H,7,11H2,1-3H3,(H3,26,27,28,31,33). The van der Waals surface area contributed by atoms with Crippen LogP contribution in [-0.4, -0.2) is 31.8 Å². The number of carbonyl (C=O) groups excluding carboxylic acids is 1. The molecule has 10 heteroatoms. The molecule has 1 aliphatic heterocycles. The maximum atomic E-state index is 13.2. The van der Waals surface area contributed by atoms with Crippen molar-refractivity contribution in [2.45, 2.75) is 45.8 Å². The molecule has 0 fully saturated rings. The molecule has 174 valence electrons. The monoisotopic (exact) mass is 460 g/mol. The number of fused-ring (bicyclic) bond motifs is 1. The molecule has 4 rings (SSSR count). The van der Waals surface area contributed by atoms with Crippen LogP contribution in [0.25, 0.3) is 11.3 Å². The van der Waals surface area contributed by atoms with Crippen LogP contribution < -0.4 is 16.6 Å². The summed E-state index contributed by atoms with van der Waals surface area (Å²) in [5, 5.41) is 16.7. The normalized spacial score (nSPS) is 15.0. The number of ether oxygens (including phenoxy) is 1. The van der Waals surface area contributed by atoms with Crippen molar-refractivity contribution in [3.63, 3.8) is 0 Å². The Morgan fingerprint density at radius 2 is 1.97 bits per heavy atom. The van der Waals surface area contributed by atoms with Crippen molar-refractivity contribution in [3.05, 3.63) is 79.8 Å². The number of allylic oxidation sites excluding steroid dienone is 1. The van der Waals surface area contributed by atoms with Gasteiger partial charge in [0.2, 0.25) is 0 Å². The molecule has 2 aromatic heterocycles. The number of hydrogen-bond acceptors (Lipinski definition) is 7. The summed E-state index contributed by atoms with van der Waals surface area (Å²) in [6.45, 7) is 5.51. The van der Waals surface area contributed by atoms with Gasteiger partial charge in [0.25, 0.3) is 5.56 Å². The van der Waals surface area contributed by atoms with Gasteiger partial charge < -0.3 is 10.1 Å². The zero-order chi connectivity index (χ0) is 24.4. The number of nitrogens with one attached hydrogen (secondary N) is 3. The maximum Gasteiger partial charge on any atom is 0.337 e. The number of carbonyl (C=O) groups is 1. The summed E-state index contributed by atoms with van der Waals surface area (Å²) in [7, 11) is 0. The van der Waals surface area contributed by atoms with Gasteiger partial charge in [-0.2, -0.15) is 10.4 Å². The lowest BCUT2D eigenvalue weighted by Gasteiger charge is -2.29. The number of anilines is 1. The molecular formula is C24H24N6O4. The summed E-state index contributed by atoms with van der Waals surface area (Å²) in [5.41, 5.74) is 1.51. The highest BCUT2D eigenvalue weighted by Crippen LogP contribution is 2.42. The number of H-pyrrole nitrogens is 2. The van der Waals surface area contributed by atoms with Crippen molar-refractivity contribution in [1.29, 1.82) is 5.26 Å². The molecule has 0 radical (unpaired) electrons. The predicted molar refractivity (Wildman–Crippen MR) is 125 cm³/mol. The van der Waals surface area contributed by atoms with E-state index < -0.39 is 23.1 Å². The second-order valence-corrected chi connectivity index (χ2v) is 8.22. The van der Waals surface area contributed by atoms with Crippen molar-refractivity contribution in [2.24, 2.45) is 0 Å². The lowest BCUT2D eigenvalue weighted by molar-refractivity contribution is -0.143.